The maximum atomic E-state index is 5.84. The summed E-state index contributed by atoms with van der Waals surface area (Å²) in [4.78, 5) is 2.47. The van der Waals surface area contributed by atoms with E-state index in [0.29, 0.717) is 12.1 Å². The van der Waals surface area contributed by atoms with E-state index in [0.717, 1.165) is 32.8 Å². The molecule has 0 amide bonds. The first kappa shape index (κ1) is 17.9. The smallest absolute Gasteiger partial charge is 0.0593 e. The Labute approximate surface area is 114 Å². The van der Waals surface area contributed by atoms with Crippen LogP contribution in [0.3, 0.4) is 0 Å². The van der Waals surface area contributed by atoms with E-state index in [4.69, 9.17) is 4.74 Å². The second kappa shape index (κ2) is 8.89. The van der Waals surface area contributed by atoms with Crippen LogP contribution in [0.25, 0.3) is 0 Å². The van der Waals surface area contributed by atoms with Gasteiger partial charge in [-0.2, -0.15) is 0 Å². The SMILES string of the molecule is CCNCC(C)(C)COCCN(C(C)C)C(C)C. The third kappa shape index (κ3) is 8.06. The highest BCUT2D eigenvalue weighted by Gasteiger charge is 2.18. The Balaban J connectivity index is 3.83. The van der Waals surface area contributed by atoms with Crippen LogP contribution >= 0.6 is 0 Å². The maximum absolute atomic E-state index is 5.84. The van der Waals surface area contributed by atoms with Gasteiger partial charge in [0.2, 0.25) is 0 Å². The van der Waals surface area contributed by atoms with Gasteiger partial charge >= 0.3 is 0 Å². The number of rotatable bonds is 10. The summed E-state index contributed by atoms with van der Waals surface area (Å²) in [6.07, 6.45) is 0. The molecule has 0 rings (SSSR count). The zero-order chi connectivity index (χ0) is 14.2. The first-order chi connectivity index (χ1) is 8.30. The standard InChI is InChI=1S/C15H34N2O/c1-8-16-11-15(6,7)12-18-10-9-17(13(2)3)14(4)5/h13-14,16H,8-12H2,1-7H3. The molecule has 0 heterocycles. The van der Waals surface area contributed by atoms with Crippen LogP contribution in [-0.4, -0.2) is 49.8 Å². The van der Waals surface area contributed by atoms with Gasteiger partial charge in [-0.05, 0) is 34.2 Å². The number of hydrogen-bond donors (Lipinski definition) is 1. The first-order valence-electron chi connectivity index (χ1n) is 7.34. The van der Waals surface area contributed by atoms with Gasteiger partial charge in [0, 0.05) is 30.6 Å². The number of nitrogens with one attached hydrogen (secondary N) is 1. The van der Waals surface area contributed by atoms with Crippen molar-refractivity contribution in [3.8, 4) is 0 Å². The van der Waals surface area contributed by atoms with E-state index < -0.39 is 0 Å². The van der Waals surface area contributed by atoms with E-state index >= 15 is 0 Å². The molecule has 0 unspecified atom stereocenters. The molecular weight excluding hydrogens is 224 g/mol. The Bertz CT molecular complexity index is 195. The van der Waals surface area contributed by atoms with E-state index in [-0.39, 0.29) is 5.41 Å². The lowest BCUT2D eigenvalue weighted by Crippen LogP contribution is -2.40. The van der Waals surface area contributed by atoms with Gasteiger partial charge in [-0.25, -0.2) is 0 Å². The fraction of sp³-hybridized carbons (Fsp3) is 1.00. The summed E-state index contributed by atoms with van der Waals surface area (Å²) >= 11 is 0. The maximum Gasteiger partial charge on any atom is 0.0593 e. The fourth-order valence-corrected chi connectivity index (χ4v) is 2.15. The molecule has 0 aliphatic heterocycles. The normalized spacial score (nSPS) is 13.0. The summed E-state index contributed by atoms with van der Waals surface area (Å²) in [6, 6.07) is 1.17. The summed E-state index contributed by atoms with van der Waals surface area (Å²) in [7, 11) is 0. The van der Waals surface area contributed by atoms with E-state index in [1.165, 1.54) is 0 Å². The molecule has 18 heavy (non-hydrogen) atoms. The van der Waals surface area contributed by atoms with Crippen molar-refractivity contribution in [2.24, 2.45) is 5.41 Å². The fourth-order valence-electron chi connectivity index (χ4n) is 2.15. The summed E-state index contributed by atoms with van der Waals surface area (Å²) in [5.74, 6) is 0. The van der Waals surface area contributed by atoms with Crippen LogP contribution < -0.4 is 5.32 Å². The van der Waals surface area contributed by atoms with Gasteiger partial charge in [0.15, 0.2) is 0 Å². The van der Waals surface area contributed by atoms with Crippen molar-refractivity contribution in [1.29, 1.82) is 0 Å². The van der Waals surface area contributed by atoms with Crippen LogP contribution in [0, 0.1) is 5.41 Å². The first-order valence-corrected chi connectivity index (χ1v) is 7.34. The second-order valence-electron chi connectivity index (χ2n) is 6.42. The van der Waals surface area contributed by atoms with Crippen molar-refractivity contribution in [3.63, 3.8) is 0 Å². The lowest BCUT2D eigenvalue weighted by molar-refractivity contribution is 0.0356. The molecule has 0 spiro atoms. The zero-order valence-electron chi connectivity index (χ0n) is 13.5. The molecule has 0 saturated heterocycles. The van der Waals surface area contributed by atoms with Gasteiger partial charge in [0.1, 0.15) is 0 Å². The van der Waals surface area contributed by atoms with Gasteiger partial charge in [-0.3, -0.25) is 4.90 Å². The van der Waals surface area contributed by atoms with E-state index in [9.17, 15) is 0 Å². The summed E-state index contributed by atoms with van der Waals surface area (Å²) in [5.41, 5.74) is 0.219. The summed E-state index contributed by atoms with van der Waals surface area (Å²) < 4.78 is 5.84. The average molecular weight is 258 g/mol. The molecule has 110 valence electrons. The largest absolute Gasteiger partial charge is 0.380 e. The molecule has 0 aliphatic carbocycles. The van der Waals surface area contributed by atoms with Crippen molar-refractivity contribution in [2.45, 2.75) is 60.5 Å². The number of ether oxygens (including phenoxy) is 1. The zero-order valence-corrected chi connectivity index (χ0v) is 13.5. The van der Waals surface area contributed by atoms with Gasteiger partial charge in [0.25, 0.3) is 0 Å². The van der Waals surface area contributed by atoms with Gasteiger partial charge < -0.3 is 10.1 Å². The van der Waals surface area contributed by atoms with Crippen molar-refractivity contribution < 1.29 is 4.74 Å². The molecule has 0 saturated carbocycles. The molecule has 0 fully saturated rings. The third-order valence-electron chi connectivity index (χ3n) is 3.17. The molecule has 0 aromatic heterocycles. The van der Waals surface area contributed by atoms with E-state index in [1.807, 2.05) is 0 Å². The van der Waals surface area contributed by atoms with Crippen LogP contribution in [0.15, 0.2) is 0 Å². The monoisotopic (exact) mass is 258 g/mol. The van der Waals surface area contributed by atoms with Gasteiger partial charge in [-0.15, -0.1) is 0 Å². The Morgan fingerprint density at radius 2 is 1.67 bits per heavy atom. The second-order valence-corrected chi connectivity index (χ2v) is 6.42. The van der Waals surface area contributed by atoms with E-state index in [2.05, 4.69) is 58.7 Å². The predicted octanol–water partition coefficient (Wildman–Crippen LogP) is 2.76. The Morgan fingerprint density at radius 1 is 1.11 bits per heavy atom. The van der Waals surface area contributed by atoms with E-state index in [1.54, 1.807) is 0 Å². The number of hydrogen-bond acceptors (Lipinski definition) is 3. The number of nitrogens with zero attached hydrogens (tertiary/aromatic N) is 1. The molecule has 0 radical (unpaired) electrons. The van der Waals surface area contributed by atoms with Crippen LogP contribution in [0.5, 0.6) is 0 Å². The molecular formula is C15H34N2O. The molecule has 3 heteroatoms. The third-order valence-corrected chi connectivity index (χ3v) is 3.17. The van der Waals surface area contributed by atoms with Crippen molar-refractivity contribution >= 4 is 0 Å². The minimum Gasteiger partial charge on any atom is -0.380 e. The molecule has 0 aromatic carbocycles. The molecule has 1 N–H and O–H groups in total. The predicted molar refractivity (Wildman–Crippen MR) is 80.1 cm³/mol. The van der Waals surface area contributed by atoms with Crippen LogP contribution in [-0.2, 0) is 4.74 Å². The topological polar surface area (TPSA) is 24.5 Å². The summed E-state index contributed by atoms with van der Waals surface area (Å²) in [5, 5.41) is 3.38. The molecule has 0 atom stereocenters. The van der Waals surface area contributed by atoms with Gasteiger partial charge in [0.05, 0.1) is 13.2 Å². The lowest BCUT2D eigenvalue weighted by Gasteiger charge is -2.31. The highest BCUT2D eigenvalue weighted by atomic mass is 16.5. The van der Waals surface area contributed by atoms with Crippen molar-refractivity contribution in [3.05, 3.63) is 0 Å². The van der Waals surface area contributed by atoms with Crippen LogP contribution in [0.4, 0.5) is 0 Å². The Morgan fingerprint density at radius 3 is 2.11 bits per heavy atom. The highest BCUT2D eigenvalue weighted by Crippen LogP contribution is 2.14. The molecule has 0 bridgehead atoms. The Kier molecular flexibility index (Phi) is 8.83. The van der Waals surface area contributed by atoms with Crippen LogP contribution in [0.2, 0.25) is 0 Å². The average Bonchev–Trinajstić information content (AvgIpc) is 2.25. The molecule has 3 nitrogen and oxygen atoms in total. The van der Waals surface area contributed by atoms with Gasteiger partial charge in [-0.1, -0.05) is 20.8 Å². The van der Waals surface area contributed by atoms with Crippen molar-refractivity contribution in [2.75, 3.05) is 32.8 Å². The Hall–Kier alpha value is -0.120. The molecule has 0 aromatic rings. The molecule has 0 aliphatic rings. The highest BCUT2D eigenvalue weighted by molar-refractivity contribution is 4.71. The lowest BCUT2D eigenvalue weighted by atomic mass is 9.95. The minimum absolute atomic E-state index is 0.219. The minimum atomic E-state index is 0.219. The quantitative estimate of drug-likeness (QED) is 0.610. The summed E-state index contributed by atoms with van der Waals surface area (Å²) in [6.45, 7) is 20.3. The van der Waals surface area contributed by atoms with Crippen LogP contribution in [0.1, 0.15) is 48.5 Å². The van der Waals surface area contributed by atoms with Crippen molar-refractivity contribution in [1.82, 2.24) is 10.2 Å².